The van der Waals surface area contributed by atoms with Crippen molar-refractivity contribution in [3.8, 4) is 11.5 Å². The topological polar surface area (TPSA) is 71.9 Å². The highest BCUT2D eigenvalue weighted by molar-refractivity contribution is 6.33. The standard InChI is InChI=1S/C10H10N2O3/c1-7(12-11)10(13)15-9-5-3-4-8(6-9)14-2/h3-6H,1-2H3. The van der Waals surface area contributed by atoms with Crippen molar-refractivity contribution < 1.29 is 19.1 Å². The van der Waals surface area contributed by atoms with Crippen molar-refractivity contribution in [2.75, 3.05) is 7.11 Å². The monoisotopic (exact) mass is 206 g/mol. The van der Waals surface area contributed by atoms with E-state index in [-0.39, 0.29) is 5.71 Å². The molecule has 0 saturated heterocycles. The number of benzene rings is 1. The minimum Gasteiger partial charge on any atom is -0.497 e. The average molecular weight is 206 g/mol. The Labute approximate surface area is 86.9 Å². The second-order valence-electron chi connectivity index (χ2n) is 2.75. The molecule has 78 valence electrons. The van der Waals surface area contributed by atoms with Gasteiger partial charge in [-0.2, -0.15) is 4.79 Å². The lowest BCUT2D eigenvalue weighted by Gasteiger charge is -2.02. The zero-order chi connectivity index (χ0) is 11.3. The Morgan fingerprint density at radius 2 is 2.07 bits per heavy atom. The van der Waals surface area contributed by atoms with E-state index >= 15 is 0 Å². The van der Waals surface area contributed by atoms with Crippen LogP contribution in [0.2, 0.25) is 0 Å². The highest BCUT2D eigenvalue weighted by Gasteiger charge is 2.16. The number of carbonyl (C=O) groups excluding carboxylic acids is 1. The summed E-state index contributed by atoms with van der Waals surface area (Å²) in [5, 5.41) is 0. The van der Waals surface area contributed by atoms with Gasteiger partial charge in [-0.05, 0) is 12.1 Å². The molecule has 0 aliphatic carbocycles. The summed E-state index contributed by atoms with van der Waals surface area (Å²) < 4.78 is 9.85. The molecular formula is C10H10N2O3. The van der Waals surface area contributed by atoms with Crippen molar-refractivity contribution in [1.29, 1.82) is 0 Å². The summed E-state index contributed by atoms with van der Waals surface area (Å²) in [7, 11) is 1.52. The third-order valence-electron chi connectivity index (χ3n) is 1.70. The predicted octanol–water partition coefficient (Wildman–Crippen LogP) is 1.29. The van der Waals surface area contributed by atoms with Crippen molar-refractivity contribution in [1.82, 2.24) is 0 Å². The lowest BCUT2D eigenvalue weighted by Crippen LogP contribution is -2.18. The van der Waals surface area contributed by atoms with Gasteiger partial charge in [0.2, 0.25) is 0 Å². The van der Waals surface area contributed by atoms with E-state index in [1.165, 1.54) is 14.0 Å². The maximum Gasteiger partial charge on any atom is 0.421 e. The summed E-state index contributed by atoms with van der Waals surface area (Å²) in [6, 6.07) is 6.57. The van der Waals surface area contributed by atoms with Gasteiger partial charge in [0.15, 0.2) is 0 Å². The average Bonchev–Trinajstić information content (AvgIpc) is 2.28. The Morgan fingerprint density at radius 3 is 2.67 bits per heavy atom. The van der Waals surface area contributed by atoms with E-state index in [4.69, 9.17) is 15.0 Å². The van der Waals surface area contributed by atoms with Gasteiger partial charge in [-0.25, -0.2) is 4.79 Å². The Kier molecular flexibility index (Phi) is 3.60. The molecule has 0 spiro atoms. The number of carbonyl (C=O) groups is 1. The number of methoxy groups -OCH3 is 1. The first kappa shape index (κ1) is 10.9. The minimum absolute atomic E-state index is 0.113. The molecule has 0 aliphatic heterocycles. The van der Waals surface area contributed by atoms with E-state index in [1.54, 1.807) is 24.3 Å². The molecule has 1 rings (SSSR count). The normalized spacial score (nSPS) is 8.93. The van der Waals surface area contributed by atoms with Gasteiger partial charge in [-0.1, -0.05) is 6.07 Å². The van der Waals surface area contributed by atoms with Crippen molar-refractivity contribution in [3.05, 3.63) is 29.8 Å². The second kappa shape index (κ2) is 4.93. The minimum atomic E-state index is -0.703. The molecular weight excluding hydrogens is 196 g/mol. The molecule has 1 aromatic rings. The van der Waals surface area contributed by atoms with Crippen LogP contribution in [0.25, 0.3) is 5.53 Å². The molecule has 5 heteroatoms. The van der Waals surface area contributed by atoms with Crippen LogP contribution in [0.5, 0.6) is 11.5 Å². The lowest BCUT2D eigenvalue weighted by molar-refractivity contribution is -0.131. The number of ether oxygens (including phenoxy) is 2. The summed E-state index contributed by atoms with van der Waals surface area (Å²) in [6.45, 7) is 1.35. The van der Waals surface area contributed by atoms with Gasteiger partial charge in [0, 0.05) is 13.0 Å². The number of rotatable bonds is 3. The Morgan fingerprint density at radius 1 is 1.40 bits per heavy atom. The molecule has 0 radical (unpaired) electrons. The molecule has 0 aliphatic rings. The summed E-state index contributed by atoms with van der Waals surface area (Å²) in [5.41, 5.74) is 8.23. The second-order valence-corrected chi connectivity index (χ2v) is 2.75. The zero-order valence-electron chi connectivity index (χ0n) is 8.43. The predicted molar refractivity (Wildman–Crippen MR) is 52.9 cm³/mol. The Balaban J connectivity index is 2.81. The van der Waals surface area contributed by atoms with Gasteiger partial charge in [0.25, 0.3) is 0 Å². The molecule has 0 heterocycles. The largest absolute Gasteiger partial charge is 0.497 e. The van der Waals surface area contributed by atoms with Crippen molar-refractivity contribution in [2.45, 2.75) is 6.92 Å². The molecule has 0 unspecified atom stereocenters. The molecule has 0 fully saturated rings. The van der Waals surface area contributed by atoms with Gasteiger partial charge in [0.1, 0.15) is 11.5 Å². The smallest absolute Gasteiger partial charge is 0.421 e. The van der Waals surface area contributed by atoms with Crippen molar-refractivity contribution in [2.24, 2.45) is 0 Å². The Bertz CT molecular complexity index is 422. The Hall–Kier alpha value is -2.13. The SMILES string of the molecule is COc1cccc(OC(=O)C(C)=[N+]=[N-])c1. The van der Waals surface area contributed by atoms with E-state index < -0.39 is 5.97 Å². The summed E-state index contributed by atoms with van der Waals surface area (Å²) >= 11 is 0. The number of esters is 1. The molecule has 0 N–H and O–H groups in total. The van der Waals surface area contributed by atoms with Crippen LogP contribution in [-0.2, 0) is 4.79 Å². The zero-order valence-corrected chi connectivity index (χ0v) is 8.43. The van der Waals surface area contributed by atoms with Crippen molar-refractivity contribution in [3.63, 3.8) is 0 Å². The van der Waals surface area contributed by atoms with Crippen LogP contribution in [0.1, 0.15) is 6.92 Å². The van der Waals surface area contributed by atoms with E-state index in [2.05, 4.69) is 4.79 Å². The summed E-state index contributed by atoms with van der Waals surface area (Å²) in [6.07, 6.45) is 0. The molecule has 5 nitrogen and oxygen atoms in total. The van der Waals surface area contributed by atoms with Gasteiger partial charge in [-0.3, -0.25) is 0 Å². The highest BCUT2D eigenvalue weighted by atomic mass is 16.5. The highest BCUT2D eigenvalue weighted by Crippen LogP contribution is 2.18. The third-order valence-corrected chi connectivity index (χ3v) is 1.70. The molecule has 0 saturated carbocycles. The maximum atomic E-state index is 11.2. The van der Waals surface area contributed by atoms with Crippen LogP contribution in [0, 0.1) is 0 Å². The van der Waals surface area contributed by atoms with Gasteiger partial charge < -0.3 is 15.0 Å². The van der Waals surface area contributed by atoms with Crippen LogP contribution in [0.4, 0.5) is 0 Å². The van der Waals surface area contributed by atoms with Crippen LogP contribution in [-0.4, -0.2) is 23.6 Å². The molecule has 1 aromatic carbocycles. The van der Waals surface area contributed by atoms with Crippen LogP contribution < -0.4 is 9.47 Å². The van der Waals surface area contributed by atoms with E-state index in [0.29, 0.717) is 11.5 Å². The van der Waals surface area contributed by atoms with E-state index in [0.717, 1.165) is 0 Å². The molecule has 0 aromatic heterocycles. The first-order valence-electron chi connectivity index (χ1n) is 4.22. The van der Waals surface area contributed by atoms with Gasteiger partial charge in [-0.15, -0.1) is 0 Å². The summed E-state index contributed by atoms with van der Waals surface area (Å²) in [5.74, 6) is 0.215. The first-order chi connectivity index (χ1) is 7.17. The van der Waals surface area contributed by atoms with Crippen LogP contribution >= 0.6 is 0 Å². The van der Waals surface area contributed by atoms with E-state index in [1.807, 2.05) is 0 Å². The van der Waals surface area contributed by atoms with Crippen molar-refractivity contribution >= 4 is 11.7 Å². The fourth-order valence-corrected chi connectivity index (χ4v) is 0.886. The first-order valence-corrected chi connectivity index (χ1v) is 4.22. The van der Waals surface area contributed by atoms with Crippen LogP contribution in [0.3, 0.4) is 0 Å². The fourth-order valence-electron chi connectivity index (χ4n) is 0.886. The molecule has 0 atom stereocenters. The fraction of sp³-hybridized carbons (Fsp3) is 0.200. The van der Waals surface area contributed by atoms with Crippen LogP contribution in [0.15, 0.2) is 24.3 Å². The number of hydrogen-bond acceptors (Lipinski definition) is 3. The van der Waals surface area contributed by atoms with Gasteiger partial charge in [0.05, 0.1) is 7.11 Å². The molecule has 0 amide bonds. The molecule has 0 bridgehead atoms. The number of hydrogen-bond donors (Lipinski definition) is 0. The summed E-state index contributed by atoms with van der Waals surface area (Å²) in [4.78, 5) is 13.9. The molecule has 15 heavy (non-hydrogen) atoms. The maximum absolute atomic E-state index is 11.2. The third kappa shape index (κ3) is 2.93. The van der Waals surface area contributed by atoms with E-state index in [9.17, 15) is 4.79 Å². The number of nitrogens with zero attached hydrogens (tertiary/aromatic N) is 2. The quantitative estimate of drug-likeness (QED) is 0.246. The lowest BCUT2D eigenvalue weighted by atomic mass is 10.3. The van der Waals surface area contributed by atoms with Gasteiger partial charge >= 0.3 is 11.7 Å².